The van der Waals surface area contributed by atoms with Crippen LogP contribution in [-0.2, 0) is 16.4 Å². The van der Waals surface area contributed by atoms with Crippen molar-refractivity contribution in [1.82, 2.24) is 14.5 Å². The van der Waals surface area contributed by atoms with E-state index in [1.807, 2.05) is 0 Å². The SMILES string of the molecule is CCCCc1nnc(NC(=O)c2ccc(S(=O)(=O)N3CCCCCC3)cc2)s1. The molecule has 3 rings (SSSR count). The Hall–Kier alpha value is -1.84. The number of unbranched alkanes of at least 4 members (excludes halogenated alkanes) is 1. The Balaban J connectivity index is 1.66. The van der Waals surface area contributed by atoms with E-state index in [2.05, 4.69) is 22.4 Å². The van der Waals surface area contributed by atoms with Gasteiger partial charge >= 0.3 is 0 Å². The van der Waals surface area contributed by atoms with E-state index in [0.717, 1.165) is 50.0 Å². The van der Waals surface area contributed by atoms with Gasteiger partial charge in [-0.05, 0) is 43.5 Å². The minimum Gasteiger partial charge on any atom is -0.296 e. The number of anilines is 1. The molecule has 1 aromatic heterocycles. The summed E-state index contributed by atoms with van der Waals surface area (Å²) in [5.41, 5.74) is 0.389. The minimum absolute atomic E-state index is 0.226. The summed E-state index contributed by atoms with van der Waals surface area (Å²) in [6, 6.07) is 6.09. The smallest absolute Gasteiger partial charge is 0.257 e. The number of amides is 1. The minimum atomic E-state index is -3.51. The standard InChI is InChI=1S/C19H26N4O3S2/c1-2-3-8-17-21-22-19(27-17)20-18(24)15-9-11-16(12-10-15)28(25,26)23-13-6-4-5-7-14-23/h9-12H,2-8,13-14H2,1H3,(H,20,22,24). The number of hydrogen-bond donors (Lipinski definition) is 1. The Morgan fingerprint density at radius 2 is 1.79 bits per heavy atom. The highest BCUT2D eigenvalue weighted by Crippen LogP contribution is 2.22. The van der Waals surface area contributed by atoms with Gasteiger partial charge < -0.3 is 0 Å². The van der Waals surface area contributed by atoms with E-state index in [9.17, 15) is 13.2 Å². The third-order valence-corrected chi connectivity index (χ3v) is 7.56. The van der Waals surface area contributed by atoms with Gasteiger partial charge in [0.15, 0.2) is 0 Å². The van der Waals surface area contributed by atoms with Crippen molar-refractivity contribution in [3.63, 3.8) is 0 Å². The Labute approximate surface area is 170 Å². The van der Waals surface area contributed by atoms with Crippen LogP contribution >= 0.6 is 11.3 Å². The number of nitrogens with zero attached hydrogens (tertiary/aromatic N) is 3. The van der Waals surface area contributed by atoms with E-state index in [-0.39, 0.29) is 10.8 Å². The molecule has 7 nitrogen and oxygen atoms in total. The molecule has 1 amide bonds. The number of nitrogens with one attached hydrogen (secondary N) is 1. The number of sulfonamides is 1. The van der Waals surface area contributed by atoms with Gasteiger partial charge in [-0.3, -0.25) is 10.1 Å². The highest BCUT2D eigenvalue weighted by Gasteiger charge is 2.25. The number of carbonyl (C=O) groups excluding carboxylic acids is 1. The zero-order valence-corrected chi connectivity index (χ0v) is 17.7. The first-order valence-corrected chi connectivity index (χ1v) is 12.0. The van der Waals surface area contributed by atoms with Gasteiger partial charge in [-0.1, -0.05) is 37.5 Å². The van der Waals surface area contributed by atoms with Crippen LogP contribution in [0.1, 0.15) is 60.8 Å². The van der Waals surface area contributed by atoms with Gasteiger partial charge in [0.25, 0.3) is 5.91 Å². The van der Waals surface area contributed by atoms with Gasteiger partial charge in [-0.25, -0.2) is 8.42 Å². The van der Waals surface area contributed by atoms with Crippen molar-refractivity contribution in [3.05, 3.63) is 34.8 Å². The van der Waals surface area contributed by atoms with Crippen molar-refractivity contribution in [2.45, 2.75) is 56.8 Å². The maximum Gasteiger partial charge on any atom is 0.257 e. The van der Waals surface area contributed by atoms with E-state index in [1.165, 1.54) is 23.5 Å². The fraction of sp³-hybridized carbons (Fsp3) is 0.526. The molecule has 0 bridgehead atoms. The lowest BCUT2D eigenvalue weighted by Crippen LogP contribution is -2.31. The van der Waals surface area contributed by atoms with E-state index in [1.54, 1.807) is 16.4 Å². The van der Waals surface area contributed by atoms with Crippen LogP contribution in [0.15, 0.2) is 29.2 Å². The van der Waals surface area contributed by atoms with Crippen LogP contribution in [0, 0.1) is 0 Å². The predicted molar refractivity (Wildman–Crippen MR) is 110 cm³/mol. The summed E-state index contributed by atoms with van der Waals surface area (Å²) in [5, 5.41) is 12.2. The maximum absolute atomic E-state index is 12.8. The zero-order chi connectivity index (χ0) is 20.0. The molecule has 1 aliphatic rings. The molecule has 1 saturated heterocycles. The normalized spacial score (nSPS) is 15.9. The highest BCUT2D eigenvalue weighted by atomic mass is 32.2. The van der Waals surface area contributed by atoms with Crippen molar-refractivity contribution in [2.75, 3.05) is 18.4 Å². The van der Waals surface area contributed by atoms with Gasteiger partial charge in [-0.2, -0.15) is 4.31 Å². The summed E-state index contributed by atoms with van der Waals surface area (Å²) in [7, 11) is -3.51. The molecule has 1 aromatic carbocycles. The molecule has 0 unspecified atom stereocenters. The van der Waals surface area contributed by atoms with Crippen LogP contribution in [0.5, 0.6) is 0 Å². The Bertz CT molecular complexity index is 886. The zero-order valence-electron chi connectivity index (χ0n) is 16.1. The number of rotatable bonds is 7. The van der Waals surface area contributed by atoms with Crippen molar-refractivity contribution in [2.24, 2.45) is 0 Å². The summed E-state index contributed by atoms with van der Waals surface area (Å²) in [5.74, 6) is -0.322. The second-order valence-corrected chi connectivity index (χ2v) is 9.90. The molecule has 2 heterocycles. The fourth-order valence-electron chi connectivity index (χ4n) is 3.11. The van der Waals surface area contributed by atoms with Crippen LogP contribution in [-0.4, -0.2) is 41.9 Å². The molecule has 1 fully saturated rings. The van der Waals surface area contributed by atoms with Crippen LogP contribution in [0.2, 0.25) is 0 Å². The molecule has 1 aliphatic heterocycles. The van der Waals surface area contributed by atoms with Crippen LogP contribution in [0.3, 0.4) is 0 Å². The van der Waals surface area contributed by atoms with Crippen molar-refractivity contribution < 1.29 is 13.2 Å². The molecule has 1 N–H and O–H groups in total. The lowest BCUT2D eigenvalue weighted by atomic mass is 10.2. The molecular formula is C19H26N4O3S2. The number of benzene rings is 1. The summed E-state index contributed by atoms with van der Waals surface area (Å²) in [4.78, 5) is 12.6. The molecule has 0 atom stereocenters. The lowest BCUT2D eigenvalue weighted by Gasteiger charge is -2.20. The fourth-order valence-corrected chi connectivity index (χ4v) is 5.41. The average Bonchev–Trinajstić information content (AvgIpc) is 2.95. The van der Waals surface area contributed by atoms with E-state index in [0.29, 0.717) is 23.8 Å². The first-order chi connectivity index (χ1) is 13.5. The quantitative estimate of drug-likeness (QED) is 0.734. The van der Waals surface area contributed by atoms with Gasteiger partial charge in [0.1, 0.15) is 5.01 Å². The van der Waals surface area contributed by atoms with E-state index >= 15 is 0 Å². The number of carbonyl (C=O) groups is 1. The van der Waals surface area contributed by atoms with Crippen LogP contribution < -0.4 is 5.32 Å². The van der Waals surface area contributed by atoms with Crippen molar-refractivity contribution >= 4 is 32.4 Å². The largest absolute Gasteiger partial charge is 0.296 e. The van der Waals surface area contributed by atoms with Gasteiger partial charge in [0, 0.05) is 25.1 Å². The Morgan fingerprint density at radius 3 is 2.43 bits per heavy atom. The molecule has 0 spiro atoms. The summed E-state index contributed by atoms with van der Waals surface area (Å²) >= 11 is 1.37. The molecule has 0 radical (unpaired) electrons. The summed E-state index contributed by atoms with van der Waals surface area (Å²) in [6.07, 6.45) is 6.88. The number of aromatic nitrogens is 2. The van der Waals surface area contributed by atoms with Gasteiger partial charge in [-0.15, -0.1) is 10.2 Å². The summed E-state index contributed by atoms with van der Waals surface area (Å²) < 4.78 is 27.2. The van der Waals surface area contributed by atoms with Crippen molar-refractivity contribution in [1.29, 1.82) is 0 Å². The third-order valence-electron chi connectivity index (χ3n) is 4.75. The van der Waals surface area contributed by atoms with Gasteiger partial charge in [0.2, 0.25) is 15.2 Å². The molecule has 0 saturated carbocycles. The highest BCUT2D eigenvalue weighted by molar-refractivity contribution is 7.89. The predicted octanol–water partition coefficient (Wildman–Crippen LogP) is 3.70. The average molecular weight is 423 g/mol. The summed E-state index contributed by atoms with van der Waals surface area (Å²) in [6.45, 7) is 3.23. The lowest BCUT2D eigenvalue weighted by molar-refractivity contribution is 0.102. The second kappa shape index (κ2) is 9.58. The third kappa shape index (κ3) is 5.15. The monoisotopic (exact) mass is 422 g/mol. The van der Waals surface area contributed by atoms with Crippen molar-refractivity contribution in [3.8, 4) is 0 Å². The molecule has 2 aromatic rings. The molecule has 28 heavy (non-hydrogen) atoms. The second-order valence-electron chi connectivity index (χ2n) is 6.90. The number of aryl methyl sites for hydroxylation is 1. The molecule has 9 heteroatoms. The van der Waals surface area contributed by atoms with Crippen LogP contribution in [0.25, 0.3) is 0 Å². The van der Waals surface area contributed by atoms with E-state index < -0.39 is 10.0 Å². The molecule has 0 aliphatic carbocycles. The Morgan fingerprint density at radius 1 is 1.11 bits per heavy atom. The number of hydrogen-bond acceptors (Lipinski definition) is 6. The maximum atomic E-state index is 12.8. The van der Waals surface area contributed by atoms with E-state index in [4.69, 9.17) is 0 Å². The molecule has 152 valence electrons. The Kier molecular flexibility index (Phi) is 7.14. The first kappa shape index (κ1) is 20.9. The van der Waals surface area contributed by atoms with Gasteiger partial charge in [0.05, 0.1) is 4.90 Å². The topological polar surface area (TPSA) is 92.3 Å². The van der Waals surface area contributed by atoms with Crippen LogP contribution in [0.4, 0.5) is 5.13 Å². The first-order valence-electron chi connectivity index (χ1n) is 9.74. The molecular weight excluding hydrogens is 396 g/mol.